The number of ether oxygens (including phenoxy) is 1. The van der Waals surface area contributed by atoms with E-state index in [1.165, 1.54) is 0 Å². The average molecular weight is 241 g/mol. The molecule has 0 radical (unpaired) electrons. The largest absolute Gasteiger partial charge is 0.373 e. The fourth-order valence-electron chi connectivity index (χ4n) is 1.79. The maximum Gasteiger partial charge on any atom is 0.317 e. The van der Waals surface area contributed by atoms with Crippen molar-refractivity contribution in [3.8, 4) is 0 Å². The van der Waals surface area contributed by atoms with Crippen LogP contribution >= 0.6 is 0 Å². The normalized spacial score (nSPS) is 22.9. The molecular weight excluding hydrogens is 218 g/mol. The Morgan fingerprint density at radius 1 is 1.76 bits per heavy atom. The highest BCUT2D eigenvalue weighted by molar-refractivity contribution is 5.74. The van der Waals surface area contributed by atoms with Crippen LogP contribution in [0.3, 0.4) is 0 Å². The van der Waals surface area contributed by atoms with Crippen molar-refractivity contribution in [3.63, 3.8) is 0 Å². The number of carbonyl (C=O) groups is 1. The fourth-order valence-corrected chi connectivity index (χ4v) is 1.79. The summed E-state index contributed by atoms with van der Waals surface area (Å²) < 4.78 is 5.66. The third-order valence-corrected chi connectivity index (χ3v) is 2.96. The number of nitrogens with zero attached hydrogens (tertiary/aromatic N) is 2. The van der Waals surface area contributed by atoms with Crippen LogP contribution in [0.15, 0.2) is 12.7 Å². The molecule has 1 saturated heterocycles. The zero-order valence-corrected chi connectivity index (χ0v) is 11.0. The summed E-state index contributed by atoms with van der Waals surface area (Å²) in [4.78, 5) is 15.6. The molecule has 0 aromatic heterocycles. The second-order valence-corrected chi connectivity index (χ2v) is 4.58. The van der Waals surface area contributed by atoms with Gasteiger partial charge in [0.2, 0.25) is 0 Å². The molecule has 1 aliphatic heterocycles. The standard InChI is InChI=1S/C12H23N3O2/c1-5-6-15(4)12(16)13-10(2)11-9-14(3)7-8-17-11/h5,10-11H,1,6-9H2,2-4H3,(H,13,16)/t10-,11-/m1/s1. The first-order chi connectivity index (χ1) is 8.04. The van der Waals surface area contributed by atoms with Crippen molar-refractivity contribution >= 4 is 6.03 Å². The molecule has 2 atom stereocenters. The van der Waals surface area contributed by atoms with Gasteiger partial charge in [0, 0.05) is 26.7 Å². The molecule has 0 bridgehead atoms. The smallest absolute Gasteiger partial charge is 0.317 e. The number of amides is 2. The van der Waals surface area contributed by atoms with Gasteiger partial charge in [-0.2, -0.15) is 0 Å². The Hall–Kier alpha value is -1.07. The van der Waals surface area contributed by atoms with E-state index in [4.69, 9.17) is 4.74 Å². The molecule has 1 fully saturated rings. The van der Waals surface area contributed by atoms with Gasteiger partial charge in [-0.1, -0.05) is 6.08 Å². The highest BCUT2D eigenvalue weighted by Crippen LogP contribution is 2.07. The number of rotatable bonds is 4. The molecule has 1 heterocycles. The van der Waals surface area contributed by atoms with Gasteiger partial charge in [-0.15, -0.1) is 6.58 Å². The molecule has 0 aliphatic carbocycles. The Kier molecular flexibility index (Phi) is 5.44. The first-order valence-electron chi connectivity index (χ1n) is 5.97. The molecule has 0 unspecified atom stereocenters. The Morgan fingerprint density at radius 3 is 3.06 bits per heavy atom. The Morgan fingerprint density at radius 2 is 2.47 bits per heavy atom. The van der Waals surface area contributed by atoms with Gasteiger partial charge in [-0.3, -0.25) is 0 Å². The highest BCUT2D eigenvalue weighted by Gasteiger charge is 2.25. The minimum absolute atomic E-state index is 0.0116. The molecule has 1 N–H and O–H groups in total. The summed E-state index contributed by atoms with van der Waals surface area (Å²) in [5, 5.41) is 2.94. The Bertz CT molecular complexity index is 270. The lowest BCUT2D eigenvalue weighted by molar-refractivity contribution is -0.0338. The lowest BCUT2D eigenvalue weighted by atomic mass is 10.1. The third kappa shape index (κ3) is 4.36. The van der Waals surface area contributed by atoms with Gasteiger partial charge in [-0.05, 0) is 14.0 Å². The van der Waals surface area contributed by atoms with Gasteiger partial charge in [-0.25, -0.2) is 4.79 Å². The Balaban J connectivity index is 2.39. The molecule has 1 aliphatic rings. The van der Waals surface area contributed by atoms with Crippen LogP contribution in [-0.4, -0.2) is 68.3 Å². The molecule has 98 valence electrons. The lowest BCUT2D eigenvalue weighted by Crippen LogP contribution is -2.53. The third-order valence-electron chi connectivity index (χ3n) is 2.96. The van der Waals surface area contributed by atoms with Gasteiger partial charge in [0.05, 0.1) is 18.8 Å². The predicted octanol–water partition coefficient (Wildman–Crippen LogP) is 0.533. The molecule has 0 aromatic rings. The molecule has 0 saturated carbocycles. The second-order valence-electron chi connectivity index (χ2n) is 4.58. The number of carbonyl (C=O) groups excluding carboxylic acids is 1. The summed E-state index contributed by atoms with van der Waals surface area (Å²) in [6.07, 6.45) is 1.77. The van der Waals surface area contributed by atoms with Crippen LogP contribution in [0.5, 0.6) is 0 Å². The molecular formula is C12H23N3O2. The quantitative estimate of drug-likeness (QED) is 0.730. The van der Waals surface area contributed by atoms with Gasteiger partial charge in [0.25, 0.3) is 0 Å². The fraction of sp³-hybridized carbons (Fsp3) is 0.750. The molecule has 5 heteroatoms. The SMILES string of the molecule is C=CCN(C)C(=O)N[C@H](C)[C@H]1CN(C)CCO1. The van der Waals surface area contributed by atoms with Crippen molar-refractivity contribution in [2.75, 3.05) is 40.3 Å². The average Bonchev–Trinajstić information content (AvgIpc) is 2.29. The predicted molar refractivity (Wildman–Crippen MR) is 68.1 cm³/mol. The number of morpholine rings is 1. The van der Waals surface area contributed by atoms with Crippen molar-refractivity contribution in [1.82, 2.24) is 15.1 Å². The van der Waals surface area contributed by atoms with Crippen LogP contribution in [-0.2, 0) is 4.74 Å². The van der Waals surface area contributed by atoms with Crippen LogP contribution in [0.2, 0.25) is 0 Å². The van der Waals surface area contributed by atoms with E-state index in [0.717, 1.165) is 19.7 Å². The molecule has 1 rings (SSSR count). The summed E-state index contributed by atoms with van der Waals surface area (Å²) >= 11 is 0. The minimum Gasteiger partial charge on any atom is -0.373 e. The number of nitrogens with one attached hydrogen (secondary N) is 1. The molecule has 0 aromatic carbocycles. The second kappa shape index (κ2) is 6.61. The first kappa shape index (κ1) is 14.0. The highest BCUT2D eigenvalue weighted by atomic mass is 16.5. The molecule has 5 nitrogen and oxygen atoms in total. The number of urea groups is 1. The maximum atomic E-state index is 11.8. The van der Waals surface area contributed by atoms with E-state index in [-0.39, 0.29) is 18.2 Å². The minimum atomic E-state index is -0.0887. The van der Waals surface area contributed by atoms with Gasteiger partial charge in [0.1, 0.15) is 0 Å². The van der Waals surface area contributed by atoms with Crippen molar-refractivity contribution < 1.29 is 9.53 Å². The number of hydrogen-bond acceptors (Lipinski definition) is 3. The first-order valence-corrected chi connectivity index (χ1v) is 5.97. The van der Waals surface area contributed by atoms with Crippen LogP contribution in [0, 0.1) is 0 Å². The number of hydrogen-bond donors (Lipinski definition) is 1. The zero-order chi connectivity index (χ0) is 12.8. The van der Waals surface area contributed by atoms with E-state index >= 15 is 0 Å². The van der Waals surface area contributed by atoms with E-state index in [1.54, 1.807) is 18.0 Å². The van der Waals surface area contributed by atoms with Gasteiger partial charge < -0.3 is 19.9 Å². The summed E-state index contributed by atoms with van der Waals surface area (Å²) in [5.41, 5.74) is 0. The monoisotopic (exact) mass is 241 g/mol. The van der Waals surface area contributed by atoms with E-state index in [0.29, 0.717) is 6.54 Å². The van der Waals surface area contributed by atoms with E-state index in [1.807, 2.05) is 6.92 Å². The van der Waals surface area contributed by atoms with Crippen molar-refractivity contribution in [2.45, 2.75) is 19.1 Å². The van der Waals surface area contributed by atoms with E-state index in [9.17, 15) is 4.79 Å². The van der Waals surface area contributed by atoms with Crippen molar-refractivity contribution in [2.24, 2.45) is 0 Å². The van der Waals surface area contributed by atoms with Crippen LogP contribution < -0.4 is 5.32 Å². The van der Waals surface area contributed by atoms with Crippen LogP contribution in [0.1, 0.15) is 6.92 Å². The maximum absolute atomic E-state index is 11.8. The summed E-state index contributed by atoms with van der Waals surface area (Å²) in [6.45, 7) is 8.66. The summed E-state index contributed by atoms with van der Waals surface area (Å²) in [6, 6.07) is -0.0771. The summed E-state index contributed by atoms with van der Waals surface area (Å²) in [5.74, 6) is 0. The molecule has 0 spiro atoms. The van der Waals surface area contributed by atoms with E-state index < -0.39 is 0 Å². The summed E-state index contributed by atoms with van der Waals surface area (Å²) in [7, 11) is 3.81. The van der Waals surface area contributed by atoms with Gasteiger partial charge >= 0.3 is 6.03 Å². The number of likely N-dealkylation sites (N-methyl/N-ethyl adjacent to an activating group) is 2. The van der Waals surface area contributed by atoms with Crippen LogP contribution in [0.25, 0.3) is 0 Å². The molecule has 2 amide bonds. The van der Waals surface area contributed by atoms with E-state index in [2.05, 4.69) is 23.8 Å². The van der Waals surface area contributed by atoms with Crippen molar-refractivity contribution in [1.29, 1.82) is 0 Å². The van der Waals surface area contributed by atoms with Gasteiger partial charge in [0.15, 0.2) is 0 Å². The topological polar surface area (TPSA) is 44.8 Å². The zero-order valence-electron chi connectivity index (χ0n) is 11.0. The Labute approximate surface area is 103 Å². The lowest BCUT2D eigenvalue weighted by Gasteiger charge is -2.34. The molecule has 17 heavy (non-hydrogen) atoms. The van der Waals surface area contributed by atoms with Crippen LogP contribution in [0.4, 0.5) is 4.79 Å². The van der Waals surface area contributed by atoms with Crippen molar-refractivity contribution in [3.05, 3.63) is 12.7 Å².